The Hall–Kier alpha value is -2.34. The molecule has 1 aromatic heterocycles. The van der Waals surface area contributed by atoms with Crippen LogP contribution in [0.15, 0.2) is 36.8 Å². The number of rotatable bonds is 6. The first-order valence-corrected chi connectivity index (χ1v) is 9.99. The molecule has 27 heavy (non-hydrogen) atoms. The molecule has 0 saturated carbocycles. The summed E-state index contributed by atoms with van der Waals surface area (Å²) in [6.45, 7) is 5.66. The van der Waals surface area contributed by atoms with Crippen LogP contribution >= 0.6 is 0 Å². The molecule has 1 N–H and O–H groups in total. The number of anilines is 1. The standard InChI is InChI=1S/C21H28N4O2/c1-2-5-16-12-22-15-24-21(16)25-10-8-17(9-11-25)23-13-18-14-26-19-6-3-4-7-20(19)27-18/h3-4,6-7,12,15,17-18,23H,2,5,8-11,13-14H2,1H3/t18-/m1/s1. The predicted octanol–water partition coefficient (Wildman–Crippen LogP) is 2.83. The molecule has 2 aliphatic rings. The van der Waals surface area contributed by atoms with Crippen molar-refractivity contribution in [3.8, 4) is 11.5 Å². The fourth-order valence-corrected chi connectivity index (χ4v) is 3.84. The molecular weight excluding hydrogens is 340 g/mol. The highest BCUT2D eigenvalue weighted by molar-refractivity contribution is 5.46. The topological polar surface area (TPSA) is 59.5 Å². The molecule has 3 heterocycles. The molecule has 4 rings (SSSR count). The normalized spacial score (nSPS) is 19.9. The van der Waals surface area contributed by atoms with E-state index in [1.807, 2.05) is 30.5 Å². The zero-order chi connectivity index (χ0) is 18.5. The van der Waals surface area contributed by atoms with Crippen molar-refractivity contribution in [3.05, 3.63) is 42.4 Å². The number of piperidine rings is 1. The summed E-state index contributed by atoms with van der Waals surface area (Å²) >= 11 is 0. The summed E-state index contributed by atoms with van der Waals surface area (Å²) in [7, 11) is 0. The fourth-order valence-electron chi connectivity index (χ4n) is 3.84. The molecule has 2 aromatic rings. The van der Waals surface area contributed by atoms with Crippen molar-refractivity contribution in [2.75, 3.05) is 31.1 Å². The number of fused-ring (bicyclic) bond motifs is 1. The van der Waals surface area contributed by atoms with Crippen LogP contribution in [-0.2, 0) is 6.42 Å². The van der Waals surface area contributed by atoms with E-state index in [4.69, 9.17) is 9.47 Å². The molecule has 0 radical (unpaired) electrons. The number of aryl methyl sites for hydroxylation is 1. The Balaban J connectivity index is 1.26. The van der Waals surface area contributed by atoms with Gasteiger partial charge in [-0.3, -0.25) is 0 Å². The second kappa shape index (κ2) is 8.57. The summed E-state index contributed by atoms with van der Waals surface area (Å²) in [4.78, 5) is 11.1. The van der Waals surface area contributed by atoms with Gasteiger partial charge >= 0.3 is 0 Å². The number of nitrogens with zero attached hydrogens (tertiary/aromatic N) is 3. The molecule has 2 aliphatic heterocycles. The van der Waals surface area contributed by atoms with E-state index in [1.165, 1.54) is 5.56 Å². The van der Waals surface area contributed by atoms with Gasteiger partial charge in [0.2, 0.25) is 0 Å². The van der Waals surface area contributed by atoms with E-state index in [2.05, 4.69) is 27.1 Å². The van der Waals surface area contributed by atoms with Gasteiger partial charge in [-0.25, -0.2) is 9.97 Å². The van der Waals surface area contributed by atoms with Crippen LogP contribution in [0.2, 0.25) is 0 Å². The van der Waals surface area contributed by atoms with Gasteiger partial charge in [-0.2, -0.15) is 0 Å². The smallest absolute Gasteiger partial charge is 0.161 e. The molecule has 0 aliphatic carbocycles. The van der Waals surface area contributed by atoms with E-state index >= 15 is 0 Å². The summed E-state index contributed by atoms with van der Waals surface area (Å²) in [5.41, 5.74) is 1.26. The maximum absolute atomic E-state index is 6.04. The van der Waals surface area contributed by atoms with Gasteiger partial charge in [0.05, 0.1) is 0 Å². The van der Waals surface area contributed by atoms with Crippen LogP contribution in [0.3, 0.4) is 0 Å². The number of hydrogen-bond donors (Lipinski definition) is 1. The number of aromatic nitrogens is 2. The maximum atomic E-state index is 6.04. The average molecular weight is 368 g/mol. The number of benzene rings is 1. The first kappa shape index (κ1) is 18.0. The van der Waals surface area contributed by atoms with Crippen LogP contribution in [0.5, 0.6) is 11.5 Å². The number of ether oxygens (including phenoxy) is 2. The molecule has 0 bridgehead atoms. The summed E-state index contributed by atoms with van der Waals surface area (Å²) < 4.78 is 11.8. The van der Waals surface area contributed by atoms with Gasteiger partial charge < -0.3 is 19.7 Å². The quantitative estimate of drug-likeness (QED) is 0.846. The minimum atomic E-state index is 0.0657. The van der Waals surface area contributed by atoms with E-state index in [0.717, 1.165) is 62.6 Å². The van der Waals surface area contributed by atoms with Crippen molar-refractivity contribution in [3.63, 3.8) is 0 Å². The van der Waals surface area contributed by atoms with E-state index in [9.17, 15) is 0 Å². The molecule has 1 fully saturated rings. The van der Waals surface area contributed by atoms with Gasteiger partial charge in [0.1, 0.15) is 24.9 Å². The van der Waals surface area contributed by atoms with Crippen molar-refractivity contribution in [2.24, 2.45) is 0 Å². The van der Waals surface area contributed by atoms with E-state index < -0.39 is 0 Å². The largest absolute Gasteiger partial charge is 0.486 e. The van der Waals surface area contributed by atoms with Crippen LogP contribution in [0, 0.1) is 0 Å². The Morgan fingerprint density at radius 2 is 2.00 bits per heavy atom. The lowest BCUT2D eigenvalue weighted by Gasteiger charge is -2.35. The minimum absolute atomic E-state index is 0.0657. The zero-order valence-corrected chi connectivity index (χ0v) is 15.9. The Morgan fingerprint density at radius 3 is 2.81 bits per heavy atom. The van der Waals surface area contributed by atoms with Gasteiger partial charge in [-0.1, -0.05) is 25.5 Å². The Kier molecular flexibility index (Phi) is 5.72. The highest BCUT2D eigenvalue weighted by Gasteiger charge is 2.25. The summed E-state index contributed by atoms with van der Waals surface area (Å²) in [6, 6.07) is 8.38. The maximum Gasteiger partial charge on any atom is 0.161 e. The molecule has 6 heteroatoms. The minimum Gasteiger partial charge on any atom is -0.486 e. The Morgan fingerprint density at radius 1 is 1.19 bits per heavy atom. The average Bonchev–Trinajstić information content (AvgIpc) is 2.73. The van der Waals surface area contributed by atoms with Gasteiger partial charge in [-0.05, 0) is 31.4 Å². The van der Waals surface area contributed by atoms with Gasteiger partial charge in [0.25, 0.3) is 0 Å². The van der Waals surface area contributed by atoms with Gasteiger partial charge in [0, 0.05) is 37.4 Å². The fraction of sp³-hybridized carbons (Fsp3) is 0.524. The third-order valence-electron chi connectivity index (χ3n) is 5.28. The molecule has 0 unspecified atom stereocenters. The first-order chi connectivity index (χ1) is 13.3. The molecule has 0 amide bonds. The number of hydrogen-bond acceptors (Lipinski definition) is 6. The van der Waals surface area contributed by atoms with Crippen LogP contribution in [0.1, 0.15) is 31.7 Å². The van der Waals surface area contributed by atoms with Crippen molar-refractivity contribution in [1.82, 2.24) is 15.3 Å². The Labute approximate surface area is 160 Å². The monoisotopic (exact) mass is 368 g/mol. The summed E-state index contributed by atoms with van der Waals surface area (Å²) in [5, 5.41) is 3.67. The molecule has 1 aromatic carbocycles. The zero-order valence-electron chi connectivity index (χ0n) is 15.9. The van der Waals surface area contributed by atoms with Crippen LogP contribution in [-0.4, -0.2) is 48.4 Å². The highest BCUT2D eigenvalue weighted by Crippen LogP contribution is 2.30. The van der Waals surface area contributed by atoms with Gasteiger partial charge in [0.15, 0.2) is 11.5 Å². The number of para-hydroxylation sites is 2. The van der Waals surface area contributed by atoms with E-state index in [1.54, 1.807) is 6.33 Å². The number of nitrogens with one attached hydrogen (secondary N) is 1. The lowest BCUT2D eigenvalue weighted by Crippen LogP contribution is -2.47. The second-order valence-electron chi connectivity index (χ2n) is 7.29. The van der Waals surface area contributed by atoms with Gasteiger partial charge in [-0.15, -0.1) is 0 Å². The molecule has 0 spiro atoms. The molecule has 1 atom stereocenters. The van der Waals surface area contributed by atoms with Crippen LogP contribution in [0.25, 0.3) is 0 Å². The van der Waals surface area contributed by atoms with Crippen molar-refractivity contribution < 1.29 is 9.47 Å². The van der Waals surface area contributed by atoms with E-state index in [0.29, 0.717) is 12.6 Å². The molecule has 144 valence electrons. The highest BCUT2D eigenvalue weighted by atomic mass is 16.6. The summed E-state index contributed by atoms with van der Waals surface area (Å²) in [5.74, 6) is 2.80. The SMILES string of the molecule is CCCc1cncnc1N1CCC(NC[C@@H]2COc3ccccc3O2)CC1. The van der Waals surface area contributed by atoms with Crippen molar-refractivity contribution in [1.29, 1.82) is 0 Å². The van der Waals surface area contributed by atoms with Crippen LogP contribution < -0.4 is 19.7 Å². The lowest BCUT2D eigenvalue weighted by atomic mass is 10.0. The molecular formula is C21H28N4O2. The predicted molar refractivity (Wildman–Crippen MR) is 106 cm³/mol. The first-order valence-electron chi connectivity index (χ1n) is 9.99. The third kappa shape index (κ3) is 4.33. The second-order valence-corrected chi connectivity index (χ2v) is 7.29. The Bertz CT molecular complexity index is 746. The molecule has 6 nitrogen and oxygen atoms in total. The summed E-state index contributed by atoms with van der Waals surface area (Å²) in [6.07, 6.45) is 8.07. The van der Waals surface area contributed by atoms with Crippen molar-refractivity contribution in [2.45, 2.75) is 44.8 Å². The third-order valence-corrected chi connectivity index (χ3v) is 5.28. The van der Waals surface area contributed by atoms with Crippen LogP contribution in [0.4, 0.5) is 5.82 Å². The van der Waals surface area contributed by atoms with E-state index in [-0.39, 0.29) is 6.10 Å². The molecule has 1 saturated heterocycles. The van der Waals surface area contributed by atoms with Crippen molar-refractivity contribution >= 4 is 5.82 Å². The lowest BCUT2D eigenvalue weighted by molar-refractivity contribution is 0.0873.